The molecular weight excluding hydrogens is 424 g/mol. The predicted octanol–water partition coefficient (Wildman–Crippen LogP) is 3.78. The van der Waals surface area contributed by atoms with Crippen LogP contribution in [0.4, 0.5) is 0 Å². The molecule has 0 bridgehead atoms. The molecule has 0 radical (unpaired) electrons. The first-order valence-corrected chi connectivity index (χ1v) is 10.9. The molecule has 1 N–H and O–H groups in total. The third-order valence-corrected chi connectivity index (χ3v) is 6.11. The zero-order chi connectivity index (χ0) is 22.5. The van der Waals surface area contributed by atoms with E-state index >= 15 is 0 Å². The zero-order valence-electron chi connectivity index (χ0n) is 17.7. The van der Waals surface area contributed by atoms with Crippen LogP contribution in [-0.2, 0) is 6.54 Å². The van der Waals surface area contributed by atoms with Gasteiger partial charge < -0.3 is 10.1 Å². The summed E-state index contributed by atoms with van der Waals surface area (Å²) < 4.78 is 6.47. The second-order valence-corrected chi connectivity index (χ2v) is 8.06. The number of thiazole rings is 1. The molecule has 0 saturated carbocycles. The minimum absolute atomic E-state index is 0.220. The Labute approximate surface area is 189 Å². The maximum Gasteiger partial charge on any atom is 0.266 e. The second kappa shape index (κ2) is 9.57. The van der Waals surface area contributed by atoms with Gasteiger partial charge in [-0.05, 0) is 37.3 Å². The van der Waals surface area contributed by atoms with E-state index in [-0.39, 0.29) is 24.6 Å². The zero-order valence-corrected chi connectivity index (χ0v) is 18.6. The molecule has 0 saturated heterocycles. The van der Waals surface area contributed by atoms with Gasteiger partial charge in [0.2, 0.25) is 0 Å². The lowest BCUT2D eigenvalue weighted by Crippen LogP contribution is -2.31. The molecule has 8 heteroatoms. The molecular formula is C24H22N4O3S. The number of benzene rings is 2. The molecule has 4 aromatic rings. The summed E-state index contributed by atoms with van der Waals surface area (Å²) in [7, 11) is 1.57. The molecule has 4 rings (SSSR count). The summed E-state index contributed by atoms with van der Waals surface area (Å²) >= 11 is 1.54. The highest BCUT2D eigenvalue weighted by Gasteiger charge is 2.14. The first-order valence-electron chi connectivity index (χ1n) is 10.1. The smallest absolute Gasteiger partial charge is 0.266 e. The van der Waals surface area contributed by atoms with E-state index in [2.05, 4.69) is 15.4 Å². The summed E-state index contributed by atoms with van der Waals surface area (Å²) in [5.41, 5.74) is 2.88. The second-order valence-electron chi connectivity index (χ2n) is 7.06. The molecule has 2 aromatic carbocycles. The first-order chi connectivity index (χ1) is 15.5. The van der Waals surface area contributed by atoms with E-state index in [1.54, 1.807) is 48.8 Å². The van der Waals surface area contributed by atoms with E-state index in [1.807, 2.05) is 37.3 Å². The quantitative estimate of drug-likeness (QED) is 0.467. The van der Waals surface area contributed by atoms with Crippen LogP contribution in [0.2, 0.25) is 0 Å². The number of hydrogen-bond acceptors (Lipinski definition) is 6. The Bertz CT molecular complexity index is 1280. The van der Waals surface area contributed by atoms with Crippen molar-refractivity contribution in [3.05, 3.63) is 88.3 Å². The van der Waals surface area contributed by atoms with Crippen molar-refractivity contribution in [2.45, 2.75) is 13.5 Å². The lowest BCUT2D eigenvalue weighted by Gasteiger charge is -2.08. The molecule has 2 aromatic heterocycles. The number of carbonyl (C=O) groups excluding carboxylic acids is 1. The van der Waals surface area contributed by atoms with Gasteiger partial charge in [0.15, 0.2) is 0 Å². The Kier molecular flexibility index (Phi) is 6.42. The fourth-order valence-electron chi connectivity index (χ4n) is 3.19. The molecule has 7 nitrogen and oxygen atoms in total. The van der Waals surface area contributed by atoms with Crippen LogP contribution in [0.25, 0.3) is 21.1 Å². The number of hydrogen-bond donors (Lipinski definition) is 1. The average molecular weight is 447 g/mol. The van der Waals surface area contributed by atoms with Crippen LogP contribution in [0.3, 0.4) is 0 Å². The Morgan fingerprint density at radius 2 is 1.81 bits per heavy atom. The summed E-state index contributed by atoms with van der Waals surface area (Å²) in [6.45, 7) is 2.47. The highest BCUT2D eigenvalue weighted by Crippen LogP contribution is 2.33. The van der Waals surface area contributed by atoms with E-state index in [1.165, 1.54) is 10.7 Å². The van der Waals surface area contributed by atoms with Crippen molar-refractivity contribution < 1.29 is 9.53 Å². The van der Waals surface area contributed by atoms with Crippen LogP contribution < -0.4 is 15.6 Å². The number of rotatable bonds is 7. The summed E-state index contributed by atoms with van der Waals surface area (Å²) in [6, 6.07) is 20.0. The summed E-state index contributed by atoms with van der Waals surface area (Å²) in [4.78, 5) is 30.2. The third-order valence-electron chi connectivity index (χ3n) is 4.88. The molecule has 1 amide bonds. The van der Waals surface area contributed by atoms with Gasteiger partial charge in [-0.2, -0.15) is 5.10 Å². The SMILES string of the molecule is COc1ccc(C(=O)NCCn2nc(-c3sc(-c4ccccc4)nc3C)ccc2=O)cc1. The van der Waals surface area contributed by atoms with Gasteiger partial charge in [-0.15, -0.1) is 11.3 Å². The van der Waals surface area contributed by atoms with E-state index in [0.717, 1.165) is 21.1 Å². The fourth-order valence-corrected chi connectivity index (χ4v) is 4.22. The molecule has 162 valence electrons. The number of aryl methyl sites for hydroxylation is 1. The molecule has 32 heavy (non-hydrogen) atoms. The topological polar surface area (TPSA) is 86.1 Å². The molecule has 0 aliphatic carbocycles. The van der Waals surface area contributed by atoms with E-state index in [9.17, 15) is 9.59 Å². The van der Waals surface area contributed by atoms with Crippen LogP contribution in [0.15, 0.2) is 71.5 Å². The maximum atomic E-state index is 12.3. The van der Waals surface area contributed by atoms with Crippen LogP contribution in [-0.4, -0.2) is 34.3 Å². The van der Waals surface area contributed by atoms with Crippen LogP contribution >= 0.6 is 11.3 Å². The van der Waals surface area contributed by atoms with Gasteiger partial charge in [-0.1, -0.05) is 30.3 Å². The number of methoxy groups -OCH3 is 1. The van der Waals surface area contributed by atoms with Gasteiger partial charge in [0.05, 0.1) is 24.2 Å². The van der Waals surface area contributed by atoms with Crippen molar-refractivity contribution in [2.75, 3.05) is 13.7 Å². The van der Waals surface area contributed by atoms with Crippen molar-refractivity contribution in [2.24, 2.45) is 0 Å². The van der Waals surface area contributed by atoms with E-state index < -0.39 is 0 Å². The maximum absolute atomic E-state index is 12.3. The molecule has 0 atom stereocenters. The Morgan fingerprint density at radius 1 is 1.06 bits per heavy atom. The van der Waals surface area contributed by atoms with Crippen molar-refractivity contribution in [3.63, 3.8) is 0 Å². The Morgan fingerprint density at radius 3 is 2.53 bits per heavy atom. The van der Waals surface area contributed by atoms with Crippen LogP contribution in [0.1, 0.15) is 16.1 Å². The molecule has 0 spiro atoms. The van der Waals surface area contributed by atoms with Gasteiger partial charge in [-0.3, -0.25) is 9.59 Å². The minimum atomic E-state index is -0.224. The largest absolute Gasteiger partial charge is 0.497 e. The van der Waals surface area contributed by atoms with Gasteiger partial charge in [-0.25, -0.2) is 9.67 Å². The Balaban J connectivity index is 1.47. The van der Waals surface area contributed by atoms with Crippen molar-refractivity contribution >= 4 is 17.2 Å². The Hall–Kier alpha value is -3.78. The number of aromatic nitrogens is 3. The van der Waals surface area contributed by atoms with Crippen LogP contribution in [0.5, 0.6) is 5.75 Å². The fraction of sp³-hybridized carbons (Fsp3) is 0.167. The standard InChI is InChI=1S/C24H22N4O3S/c1-16-22(32-24(26-16)18-6-4-3-5-7-18)20-12-13-21(29)28(27-20)15-14-25-23(30)17-8-10-19(31-2)11-9-17/h3-13H,14-15H2,1-2H3,(H,25,30). The van der Waals surface area contributed by atoms with Crippen LogP contribution in [0, 0.1) is 6.92 Å². The van der Waals surface area contributed by atoms with Crippen molar-refractivity contribution in [1.29, 1.82) is 0 Å². The van der Waals surface area contributed by atoms with Gasteiger partial charge in [0.1, 0.15) is 16.5 Å². The van der Waals surface area contributed by atoms with Gasteiger partial charge in [0.25, 0.3) is 11.5 Å². The average Bonchev–Trinajstić information content (AvgIpc) is 3.22. The number of ether oxygens (including phenoxy) is 1. The molecule has 0 aliphatic rings. The summed E-state index contributed by atoms with van der Waals surface area (Å²) in [5, 5.41) is 8.24. The number of carbonyl (C=O) groups is 1. The van der Waals surface area contributed by atoms with Gasteiger partial charge >= 0.3 is 0 Å². The van der Waals surface area contributed by atoms with Crippen molar-refractivity contribution in [3.8, 4) is 26.9 Å². The number of nitrogens with zero attached hydrogens (tertiary/aromatic N) is 3. The number of amides is 1. The van der Waals surface area contributed by atoms with Gasteiger partial charge in [0, 0.05) is 23.7 Å². The minimum Gasteiger partial charge on any atom is -0.497 e. The molecule has 0 fully saturated rings. The monoisotopic (exact) mass is 446 g/mol. The summed E-state index contributed by atoms with van der Waals surface area (Å²) in [5.74, 6) is 0.463. The number of nitrogens with one attached hydrogen (secondary N) is 1. The van der Waals surface area contributed by atoms with E-state index in [0.29, 0.717) is 17.0 Å². The lowest BCUT2D eigenvalue weighted by molar-refractivity contribution is 0.0951. The molecule has 2 heterocycles. The lowest BCUT2D eigenvalue weighted by atomic mass is 10.2. The molecule has 0 aliphatic heterocycles. The first kappa shape index (κ1) is 21.5. The normalized spacial score (nSPS) is 10.7. The van der Waals surface area contributed by atoms with E-state index in [4.69, 9.17) is 4.74 Å². The highest BCUT2D eigenvalue weighted by atomic mass is 32.1. The third kappa shape index (κ3) is 4.76. The highest BCUT2D eigenvalue weighted by molar-refractivity contribution is 7.18. The van der Waals surface area contributed by atoms with Crippen molar-refractivity contribution in [1.82, 2.24) is 20.1 Å². The predicted molar refractivity (Wildman–Crippen MR) is 125 cm³/mol. The molecule has 0 unspecified atom stereocenters. The summed E-state index contributed by atoms with van der Waals surface area (Å²) in [6.07, 6.45) is 0.